The van der Waals surface area contributed by atoms with Crippen LogP contribution in [0.1, 0.15) is 17.0 Å². The number of hydrogen-bond acceptors (Lipinski definition) is 4. The van der Waals surface area contributed by atoms with Crippen molar-refractivity contribution in [2.45, 2.75) is 6.42 Å². The number of nitrogens with one attached hydrogen (secondary N) is 1. The van der Waals surface area contributed by atoms with Crippen molar-refractivity contribution >= 4 is 34.4 Å². The predicted octanol–water partition coefficient (Wildman–Crippen LogP) is 4.32. The van der Waals surface area contributed by atoms with Gasteiger partial charge in [0, 0.05) is 6.42 Å². The molecule has 0 radical (unpaired) electrons. The van der Waals surface area contributed by atoms with Crippen LogP contribution in [0.15, 0.2) is 52.0 Å². The van der Waals surface area contributed by atoms with E-state index in [1.165, 1.54) is 12.1 Å². The number of methoxy groups -OCH3 is 1. The van der Waals surface area contributed by atoms with Gasteiger partial charge in [-0.3, -0.25) is 5.10 Å². The van der Waals surface area contributed by atoms with E-state index in [1.54, 1.807) is 30.1 Å². The van der Waals surface area contributed by atoms with Gasteiger partial charge in [-0.2, -0.15) is 14.9 Å². The van der Waals surface area contributed by atoms with Crippen LogP contribution in [0, 0.1) is 10.6 Å². The molecule has 0 amide bonds. The molecule has 25 heavy (non-hydrogen) atoms. The summed E-state index contributed by atoms with van der Waals surface area (Å²) in [5.41, 5.74) is 1.79. The smallest absolute Gasteiger partial charge is 0.216 e. The molecule has 128 valence electrons. The Labute approximate surface area is 157 Å². The van der Waals surface area contributed by atoms with Crippen molar-refractivity contribution in [1.82, 2.24) is 14.9 Å². The van der Waals surface area contributed by atoms with E-state index in [-0.39, 0.29) is 5.82 Å². The molecule has 5 nitrogen and oxygen atoms in total. The van der Waals surface area contributed by atoms with Gasteiger partial charge in [0.1, 0.15) is 11.6 Å². The van der Waals surface area contributed by atoms with E-state index in [4.69, 9.17) is 17.0 Å². The van der Waals surface area contributed by atoms with Gasteiger partial charge in [-0.25, -0.2) is 4.39 Å². The van der Waals surface area contributed by atoms with Gasteiger partial charge in [0.25, 0.3) is 0 Å². The van der Waals surface area contributed by atoms with Crippen LogP contribution in [0.4, 0.5) is 4.39 Å². The van der Waals surface area contributed by atoms with Crippen LogP contribution in [-0.2, 0) is 6.42 Å². The van der Waals surface area contributed by atoms with E-state index >= 15 is 0 Å². The molecule has 0 aliphatic rings. The van der Waals surface area contributed by atoms with Crippen molar-refractivity contribution in [1.29, 1.82) is 0 Å². The van der Waals surface area contributed by atoms with Crippen LogP contribution in [0.25, 0.3) is 0 Å². The van der Waals surface area contributed by atoms with Gasteiger partial charge in [-0.15, -0.1) is 0 Å². The van der Waals surface area contributed by atoms with Crippen molar-refractivity contribution < 1.29 is 9.13 Å². The molecule has 0 saturated heterocycles. The van der Waals surface area contributed by atoms with E-state index in [9.17, 15) is 4.39 Å². The number of aromatic amines is 1. The molecule has 8 heteroatoms. The number of aromatic nitrogens is 3. The molecule has 0 aliphatic carbocycles. The summed E-state index contributed by atoms with van der Waals surface area (Å²) in [5, 5.41) is 11.3. The summed E-state index contributed by atoms with van der Waals surface area (Å²) in [7, 11) is 1.61. The van der Waals surface area contributed by atoms with Crippen molar-refractivity contribution in [3.05, 3.63) is 74.5 Å². The first-order chi connectivity index (χ1) is 12.1. The lowest BCUT2D eigenvalue weighted by molar-refractivity contribution is 0.412. The first kappa shape index (κ1) is 17.5. The highest BCUT2D eigenvalue weighted by molar-refractivity contribution is 9.10. The lowest BCUT2D eigenvalue weighted by Crippen LogP contribution is -2.00. The normalized spacial score (nSPS) is 11.2. The first-order valence-corrected chi connectivity index (χ1v) is 8.55. The second kappa shape index (κ2) is 7.71. The van der Waals surface area contributed by atoms with Gasteiger partial charge >= 0.3 is 0 Å². The molecule has 0 aliphatic heterocycles. The zero-order valence-electron chi connectivity index (χ0n) is 13.2. The van der Waals surface area contributed by atoms with Crippen molar-refractivity contribution in [2.75, 3.05) is 7.11 Å². The summed E-state index contributed by atoms with van der Waals surface area (Å²) in [6.07, 6.45) is 2.17. The zero-order chi connectivity index (χ0) is 17.8. The van der Waals surface area contributed by atoms with Gasteiger partial charge in [0.2, 0.25) is 4.77 Å². The highest BCUT2D eigenvalue weighted by Gasteiger charge is 2.07. The maximum absolute atomic E-state index is 13.0. The molecule has 1 aromatic heterocycles. The molecule has 0 bridgehead atoms. The van der Waals surface area contributed by atoms with Crippen molar-refractivity contribution in [3.8, 4) is 5.75 Å². The summed E-state index contributed by atoms with van der Waals surface area (Å²) >= 11 is 8.67. The number of ether oxygens (including phenoxy) is 1. The number of H-pyrrole nitrogens is 1. The number of nitrogens with zero attached hydrogens (tertiary/aromatic N) is 3. The fraction of sp³-hybridized carbons (Fsp3) is 0.118. The second-order valence-electron chi connectivity index (χ2n) is 5.20. The average Bonchev–Trinajstić information content (AvgIpc) is 2.95. The molecule has 2 aromatic carbocycles. The van der Waals surface area contributed by atoms with E-state index in [1.807, 2.05) is 18.2 Å². The summed E-state index contributed by atoms with van der Waals surface area (Å²) in [5.74, 6) is 1.11. The molecule has 0 spiro atoms. The number of halogens is 2. The highest BCUT2D eigenvalue weighted by Crippen LogP contribution is 2.24. The van der Waals surface area contributed by atoms with Crippen molar-refractivity contribution in [3.63, 3.8) is 0 Å². The molecule has 0 fully saturated rings. The van der Waals surface area contributed by atoms with Gasteiger partial charge in [0.05, 0.1) is 17.8 Å². The Morgan fingerprint density at radius 2 is 2.08 bits per heavy atom. The Morgan fingerprint density at radius 1 is 1.32 bits per heavy atom. The van der Waals surface area contributed by atoms with Crippen LogP contribution in [0.3, 0.4) is 0 Å². The fourth-order valence-corrected chi connectivity index (χ4v) is 2.99. The maximum Gasteiger partial charge on any atom is 0.216 e. The average molecular weight is 421 g/mol. The Kier molecular flexibility index (Phi) is 5.40. The minimum absolute atomic E-state index is 0.272. The Balaban J connectivity index is 1.85. The molecule has 0 unspecified atom stereocenters. The van der Waals surface area contributed by atoms with Crippen molar-refractivity contribution in [2.24, 2.45) is 5.10 Å². The third-order valence-electron chi connectivity index (χ3n) is 3.49. The van der Waals surface area contributed by atoms with E-state index in [0.29, 0.717) is 17.0 Å². The highest BCUT2D eigenvalue weighted by atomic mass is 79.9. The first-order valence-electron chi connectivity index (χ1n) is 7.35. The Morgan fingerprint density at radius 3 is 2.76 bits per heavy atom. The maximum atomic E-state index is 13.0. The third-order valence-corrected chi connectivity index (χ3v) is 4.38. The monoisotopic (exact) mass is 420 g/mol. The van der Waals surface area contributed by atoms with Crippen LogP contribution in [-0.4, -0.2) is 28.2 Å². The third kappa shape index (κ3) is 4.21. The minimum atomic E-state index is -0.272. The van der Waals surface area contributed by atoms with E-state index in [0.717, 1.165) is 21.3 Å². The van der Waals surface area contributed by atoms with Gasteiger partial charge in [0.15, 0.2) is 5.82 Å². The topological polar surface area (TPSA) is 55.2 Å². The Bertz CT molecular complexity index is 966. The Hall–Kier alpha value is -2.32. The summed E-state index contributed by atoms with van der Waals surface area (Å²) in [6.45, 7) is 0. The number of benzene rings is 2. The molecule has 1 heterocycles. The van der Waals surface area contributed by atoms with Crippen LogP contribution in [0.2, 0.25) is 0 Å². The SMILES string of the molecule is COc1ccc(/C=N\n2c(Cc3ccc(F)cc3)n[nH]c2=S)cc1Br. The summed E-state index contributed by atoms with van der Waals surface area (Å²) < 4.78 is 21.0. The lowest BCUT2D eigenvalue weighted by atomic mass is 10.1. The predicted molar refractivity (Wildman–Crippen MR) is 100 cm³/mol. The molecule has 0 atom stereocenters. The molecule has 0 saturated carbocycles. The van der Waals surface area contributed by atoms with Gasteiger partial charge in [-0.05, 0) is 69.6 Å². The summed E-state index contributed by atoms with van der Waals surface area (Å²) in [4.78, 5) is 0. The van der Waals surface area contributed by atoms with Gasteiger partial charge in [-0.1, -0.05) is 12.1 Å². The standard InChI is InChI=1S/C17H14BrFN4OS/c1-24-15-7-4-12(8-14(15)18)10-20-23-16(21-22-17(23)25)9-11-2-5-13(19)6-3-11/h2-8,10H,9H2,1H3,(H,22,25)/b20-10-. The molecular weight excluding hydrogens is 407 g/mol. The largest absolute Gasteiger partial charge is 0.496 e. The fourth-order valence-electron chi connectivity index (χ4n) is 2.23. The second-order valence-corrected chi connectivity index (χ2v) is 6.44. The van der Waals surface area contributed by atoms with Crippen LogP contribution < -0.4 is 4.74 Å². The molecule has 1 N–H and O–H groups in total. The minimum Gasteiger partial charge on any atom is -0.496 e. The molecular formula is C17H14BrFN4OS. The van der Waals surface area contributed by atoms with E-state index < -0.39 is 0 Å². The zero-order valence-corrected chi connectivity index (χ0v) is 15.6. The number of rotatable bonds is 5. The number of hydrogen-bond donors (Lipinski definition) is 1. The lowest BCUT2D eigenvalue weighted by Gasteiger charge is -2.04. The molecule has 3 rings (SSSR count). The summed E-state index contributed by atoms with van der Waals surface area (Å²) in [6, 6.07) is 11.9. The van der Waals surface area contributed by atoms with Gasteiger partial charge < -0.3 is 4.74 Å². The quantitative estimate of drug-likeness (QED) is 0.493. The van der Waals surface area contributed by atoms with Crippen LogP contribution >= 0.6 is 28.1 Å². The van der Waals surface area contributed by atoms with Crippen LogP contribution in [0.5, 0.6) is 5.75 Å². The van der Waals surface area contributed by atoms with E-state index in [2.05, 4.69) is 31.2 Å². The molecule has 3 aromatic rings.